The molecular weight excluding hydrogens is 270 g/mol. The number of carboxylic acids is 1. The van der Waals surface area contributed by atoms with E-state index in [1.165, 1.54) is 11.3 Å². The fraction of sp³-hybridized carbons (Fsp3) is 0.125. The first-order valence-corrected chi connectivity index (χ1v) is 7.18. The zero-order valence-electron chi connectivity index (χ0n) is 10.7. The Balaban J connectivity index is 1.96. The van der Waals surface area contributed by atoms with E-state index in [-0.39, 0.29) is 0 Å². The summed E-state index contributed by atoms with van der Waals surface area (Å²) in [4.78, 5) is 16.0. The van der Waals surface area contributed by atoms with Crippen molar-refractivity contribution in [1.29, 1.82) is 0 Å². The summed E-state index contributed by atoms with van der Waals surface area (Å²) in [5.74, 6) is -1.41. The average molecular weight is 283 g/mol. The van der Waals surface area contributed by atoms with E-state index in [4.69, 9.17) is 0 Å². The molecule has 1 atom stereocenters. The Bertz CT molecular complexity index is 703. The first-order valence-electron chi connectivity index (χ1n) is 6.36. The van der Waals surface area contributed by atoms with Gasteiger partial charge in [0.15, 0.2) is 0 Å². The number of para-hydroxylation sites is 1. The second kappa shape index (κ2) is 5.43. The third kappa shape index (κ3) is 2.56. The van der Waals surface area contributed by atoms with Gasteiger partial charge in [-0.05, 0) is 24.1 Å². The van der Waals surface area contributed by atoms with E-state index < -0.39 is 11.9 Å². The van der Waals surface area contributed by atoms with Gasteiger partial charge in [0.05, 0.1) is 10.2 Å². The summed E-state index contributed by atoms with van der Waals surface area (Å²) in [5, 5.41) is 10.1. The van der Waals surface area contributed by atoms with Gasteiger partial charge in [-0.3, -0.25) is 4.79 Å². The van der Waals surface area contributed by atoms with Crippen LogP contribution in [0.25, 0.3) is 10.2 Å². The average Bonchev–Trinajstić information content (AvgIpc) is 2.89. The van der Waals surface area contributed by atoms with E-state index in [0.717, 1.165) is 15.8 Å². The number of benzene rings is 2. The number of hydrogen-bond donors (Lipinski definition) is 1. The topological polar surface area (TPSA) is 50.2 Å². The summed E-state index contributed by atoms with van der Waals surface area (Å²) in [5.41, 5.74) is 1.88. The number of hydrogen-bond acceptors (Lipinski definition) is 3. The van der Waals surface area contributed by atoms with Gasteiger partial charge in [-0.1, -0.05) is 42.5 Å². The number of aromatic nitrogens is 1. The molecule has 0 aliphatic carbocycles. The quantitative estimate of drug-likeness (QED) is 0.794. The number of nitrogens with zero attached hydrogens (tertiary/aromatic N) is 1. The maximum atomic E-state index is 11.5. The molecule has 1 heterocycles. The number of fused-ring (bicyclic) bond motifs is 1. The minimum Gasteiger partial charge on any atom is -0.481 e. The molecule has 0 radical (unpaired) electrons. The smallest absolute Gasteiger partial charge is 0.313 e. The van der Waals surface area contributed by atoms with Crippen LogP contribution >= 0.6 is 11.3 Å². The Kier molecular flexibility index (Phi) is 3.48. The lowest BCUT2D eigenvalue weighted by atomic mass is 10.0. The molecule has 100 valence electrons. The predicted molar refractivity (Wildman–Crippen MR) is 80.1 cm³/mol. The van der Waals surface area contributed by atoms with Crippen molar-refractivity contribution < 1.29 is 9.90 Å². The molecule has 2 aromatic carbocycles. The molecule has 20 heavy (non-hydrogen) atoms. The van der Waals surface area contributed by atoms with E-state index in [1.807, 2.05) is 54.6 Å². The molecular formula is C16H13NO2S. The van der Waals surface area contributed by atoms with Crippen LogP contribution in [-0.2, 0) is 11.2 Å². The number of carbonyl (C=O) groups is 1. The zero-order valence-corrected chi connectivity index (χ0v) is 11.5. The van der Waals surface area contributed by atoms with Gasteiger partial charge in [0, 0.05) is 0 Å². The number of rotatable bonds is 4. The second-order valence-electron chi connectivity index (χ2n) is 4.60. The van der Waals surface area contributed by atoms with Crippen LogP contribution in [0.2, 0.25) is 0 Å². The number of thiazole rings is 1. The molecule has 0 fully saturated rings. The van der Waals surface area contributed by atoms with Crippen LogP contribution in [0.15, 0.2) is 54.6 Å². The highest BCUT2D eigenvalue weighted by Gasteiger charge is 2.24. The van der Waals surface area contributed by atoms with E-state index in [0.29, 0.717) is 11.4 Å². The van der Waals surface area contributed by atoms with Crippen molar-refractivity contribution in [2.24, 2.45) is 0 Å². The van der Waals surface area contributed by atoms with Gasteiger partial charge in [0.2, 0.25) is 0 Å². The van der Waals surface area contributed by atoms with Crippen LogP contribution in [0.3, 0.4) is 0 Å². The minimum absolute atomic E-state index is 0.468. The molecule has 0 aliphatic heterocycles. The summed E-state index contributed by atoms with van der Waals surface area (Å²) in [6, 6.07) is 17.4. The highest BCUT2D eigenvalue weighted by molar-refractivity contribution is 7.18. The SMILES string of the molecule is O=C(O)C(Cc1ccccc1)c1nc2ccccc2s1. The lowest BCUT2D eigenvalue weighted by molar-refractivity contribution is -0.138. The predicted octanol–water partition coefficient (Wildman–Crippen LogP) is 3.71. The van der Waals surface area contributed by atoms with Crippen molar-refractivity contribution in [3.8, 4) is 0 Å². The molecule has 0 aliphatic rings. The molecule has 0 saturated carbocycles. The van der Waals surface area contributed by atoms with Crippen LogP contribution in [0, 0.1) is 0 Å². The normalized spacial score (nSPS) is 12.4. The van der Waals surface area contributed by atoms with Crippen molar-refractivity contribution in [2.45, 2.75) is 12.3 Å². The monoisotopic (exact) mass is 283 g/mol. The fourth-order valence-corrected chi connectivity index (χ4v) is 3.23. The van der Waals surface area contributed by atoms with E-state index in [2.05, 4.69) is 4.98 Å². The van der Waals surface area contributed by atoms with Gasteiger partial charge >= 0.3 is 5.97 Å². The molecule has 1 unspecified atom stereocenters. The Morgan fingerprint density at radius 1 is 1.10 bits per heavy atom. The highest BCUT2D eigenvalue weighted by Crippen LogP contribution is 2.29. The molecule has 4 heteroatoms. The van der Waals surface area contributed by atoms with Gasteiger partial charge < -0.3 is 5.11 Å². The van der Waals surface area contributed by atoms with Crippen molar-refractivity contribution in [2.75, 3.05) is 0 Å². The summed E-state index contributed by atoms with van der Waals surface area (Å²) < 4.78 is 1.03. The van der Waals surface area contributed by atoms with Crippen molar-refractivity contribution in [3.63, 3.8) is 0 Å². The summed E-state index contributed by atoms with van der Waals surface area (Å²) >= 11 is 1.46. The first kappa shape index (κ1) is 12.8. The third-order valence-electron chi connectivity index (χ3n) is 3.19. The standard InChI is InChI=1S/C16H13NO2S/c18-16(19)12(10-11-6-2-1-3-7-11)15-17-13-8-4-5-9-14(13)20-15/h1-9,12H,10H2,(H,18,19). The maximum Gasteiger partial charge on any atom is 0.313 e. The molecule has 3 nitrogen and oxygen atoms in total. The molecule has 0 bridgehead atoms. The van der Waals surface area contributed by atoms with Crippen LogP contribution in [0.1, 0.15) is 16.5 Å². The molecule has 1 aromatic heterocycles. The first-order chi connectivity index (χ1) is 9.74. The number of aliphatic carboxylic acids is 1. The molecule has 3 aromatic rings. The van der Waals surface area contributed by atoms with Crippen LogP contribution in [0.5, 0.6) is 0 Å². The number of carboxylic acid groups (broad SMARTS) is 1. The van der Waals surface area contributed by atoms with E-state index in [1.54, 1.807) is 0 Å². The second-order valence-corrected chi connectivity index (χ2v) is 5.66. The molecule has 0 spiro atoms. The van der Waals surface area contributed by atoms with Gasteiger partial charge in [-0.2, -0.15) is 0 Å². The van der Waals surface area contributed by atoms with E-state index >= 15 is 0 Å². The molecule has 1 N–H and O–H groups in total. The van der Waals surface area contributed by atoms with E-state index in [9.17, 15) is 9.90 Å². The lowest BCUT2D eigenvalue weighted by Crippen LogP contribution is -2.14. The van der Waals surface area contributed by atoms with Crippen LogP contribution < -0.4 is 0 Å². The summed E-state index contributed by atoms with van der Waals surface area (Å²) in [6.07, 6.45) is 0.468. The van der Waals surface area contributed by atoms with Gasteiger partial charge in [0.25, 0.3) is 0 Å². The fourth-order valence-electron chi connectivity index (χ4n) is 2.17. The molecule has 0 saturated heterocycles. The Morgan fingerprint density at radius 2 is 1.80 bits per heavy atom. The third-order valence-corrected chi connectivity index (χ3v) is 4.34. The zero-order chi connectivity index (χ0) is 13.9. The molecule has 3 rings (SSSR count). The van der Waals surface area contributed by atoms with Crippen molar-refractivity contribution in [3.05, 3.63) is 65.2 Å². The molecule has 0 amide bonds. The van der Waals surface area contributed by atoms with Crippen molar-refractivity contribution >= 4 is 27.5 Å². The Morgan fingerprint density at radius 3 is 2.50 bits per heavy atom. The van der Waals surface area contributed by atoms with Gasteiger partial charge in [-0.15, -0.1) is 11.3 Å². The van der Waals surface area contributed by atoms with Crippen LogP contribution in [0.4, 0.5) is 0 Å². The largest absolute Gasteiger partial charge is 0.481 e. The maximum absolute atomic E-state index is 11.5. The van der Waals surface area contributed by atoms with Gasteiger partial charge in [-0.25, -0.2) is 4.98 Å². The minimum atomic E-state index is -0.826. The summed E-state index contributed by atoms with van der Waals surface area (Å²) in [6.45, 7) is 0. The van der Waals surface area contributed by atoms with Gasteiger partial charge in [0.1, 0.15) is 10.9 Å². The lowest BCUT2D eigenvalue weighted by Gasteiger charge is -2.09. The van der Waals surface area contributed by atoms with Crippen molar-refractivity contribution in [1.82, 2.24) is 4.98 Å². The highest BCUT2D eigenvalue weighted by atomic mass is 32.1. The van der Waals surface area contributed by atoms with Crippen LogP contribution in [-0.4, -0.2) is 16.1 Å². The Labute approximate surface area is 120 Å². The Hall–Kier alpha value is -2.20. The summed E-state index contributed by atoms with van der Waals surface area (Å²) in [7, 11) is 0.